The minimum absolute atomic E-state index is 0.0584. The molecule has 0 atom stereocenters. The molecule has 1 aliphatic rings. The average Bonchev–Trinajstić information content (AvgIpc) is 2.87. The topological polar surface area (TPSA) is 56.0 Å². The van der Waals surface area contributed by atoms with Crippen LogP contribution in [0.3, 0.4) is 0 Å². The monoisotopic (exact) mass is 273 g/mol. The third-order valence-electron chi connectivity index (χ3n) is 3.67. The number of anilines is 1. The molecule has 0 amide bonds. The predicted octanol–water partition coefficient (Wildman–Crippen LogP) is 1.02. The van der Waals surface area contributed by atoms with Gasteiger partial charge in [0.05, 0.1) is 24.6 Å². The molecule has 0 N–H and O–H groups in total. The first-order chi connectivity index (χ1) is 9.72. The molecule has 0 aliphatic carbocycles. The molecule has 106 valence electrons. The second-order valence-corrected chi connectivity index (χ2v) is 5.28. The lowest BCUT2D eigenvalue weighted by Crippen LogP contribution is -2.32. The lowest BCUT2D eigenvalue weighted by Gasteiger charge is -2.28. The highest BCUT2D eigenvalue weighted by Gasteiger charge is 2.12. The van der Waals surface area contributed by atoms with Crippen LogP contribution in [0.2, 0.25) is 0 Å². The Balaban J connectivity index is 1.78. The molecule has 1 fully saturated rings. The van der Waals surface area contributed by atoms with Crippen LogP contribution in [-0.2, 0) is 13.6 Å². The van der Waals surface area contributed by atoms with E-state index in [-0.39, 0.29) is 5.56 Å². The molecule has 0 saturated carbocycles. The fourth-order valence-corrected chi connectivity index (χ4v) is 2.59. The first-order valence-electron chi connectivity index (χ1n) is 7.02. The quantitative estimate of drug-likeness (QED) is 0.837. The maximum Gasteiger partial charge on any atom is 0.269 e. The van der Waals surface area contributed by atoms with Gasteiger partial charge in [-0.25, -0.2) is 4.68 Å². The summed E-state index contributed by atoms with van der Waals surface area (Å²) in [5.74, 6) is 0. The van der Waals surface area contributed by atoms with Crippen molar-refractivity contribution in [1.82, 2.24) is 19.6 Å². The smallest absolute Gasteiger partial charge is 0.269 e. The Morgan fingerprint density at radius 1 is 1.15 bits per heavy atom. The largest absolute Gasteiger partial charge is 0.370 e. The van der Waals surface area contributed by atoms with E-state index >= 15 is 0 Å². The van der Waals surface area contributed by atoms with Gasteiger partial charge in [-0.1, -0.05) is 0 Å². The van der Waals surface area contributed by atoms with Crippen LogP contribution in [0.15, 0.2) is 29.5 Å². The molecule has 0 spiro atoms. The van der Waals surface area contributed by atoms with Crippen LogP contribution in [0.25, 0.3) is 0 Å². The lowest BCUT2D eigenvalue weighted by atomic mass is 10.1. The fraction of sp³-hybridized carbons (Fsp3) is 0.500. The van der Waals surface area contributed by atoms with Crippen molar-refractivity contribution in [2.75, 3.05) is 18.0 Å². The van der Waals surface area contributed by atoms with E-state index in [4.69, 9.17) is 0 Å². The number of rotatable bonds is 3. The van der Waals surface area contributed by atoms with E-state index in [1.807, 2.05) is 13.2 Å². The summed E-state index contributed by atoms with van der Waals surface area (Å²) in [5.41, 5.74) is 1.86. The summed E-state index contributed by atoms with van der Waals surface area (Å²) in [6.45, 7) is 2.51. The maximum atomic E-state index is 12.1. The third kappa shape index (κ3) is 2.74. The number of piperidine rings is 1. The van der Waals surface area contributed by atoms with Crippen molar-refractivity contribution in [3.05, 3.63) is 40.6 Å². The molecule has 2 aromatic rings. The van der Waals surface area contributed by atoms with Crippen LogP contribution >= 0.6 is 0 Å². The Hall–Kier alpha value is -2.11. The summed E-state index contributed by atoms with van der Waals surface area (Å²) < 4.78 is 3.20. The van der Waals surface area contributed by atoms with Crippen molar-refractivity contribution >= 4 is 5.69 Å². The molecule has 6 heteroatoms. The van der Waals surface area contributed by atoms with Crippen molar-refractivity contribution in [1.29, 1.82) is 0 Å². The van der Waals surface area contributed by atoms with E-state index in [2.05, 4.69) is 15.1 Å². The molecular weight excluding hydrogens is 254 g/mol. The van der Waals surface area contributed by atoms with Crippen molar-refractivity contribution < 1.29 is 0 Å². The lowest BCUT2D eigenvalue weighted by molar-refractivity contribution is 0.571. The van der Waals surface area contributed by atoms with Crippen molar-refractivity contribution in [3.8, 4) is 0 Å². The number of nitrogens with zero attached hydrogens (tertiary/aromatic N) is 5. The zero-order valence-corrected chi connectivity index (χ0v) is 11.7. The number of aryl methyl sites for hydroxylation is 1. The molecular formula is C14H19N5O. The average molecular weight is 273 g/mol. The molecule has 0 aromatic carbocycles. The second kappa shape index (κ2) is 5.48. The predicted molar refractivity (Wildman–Crippen MR) is 76.9 cm³/mol. The Morgan fingerprint density at radius 2 is 1.95 bits per heavy atom. The molecule has 6 nitrogen and oxygen atoms in total. The van der Waals surface area contributed by atoms with Gasteiger partial charge in [0.25, 0.3) is 5.56 Å². The molecule has 20 heavy (non-hydrogen) atoms. The van der Waals surface area contributed by atoms with Gasteiger partial charge in [0.2, 0.25) is 0 Å². The van der Waals surface area contributed by atoms with Gasteiger partial charge in [0.1, 0.15) is 0 Å². The van der Waals surface area contributed by atoms with Crippen LogP contribution in [0, 0.1) is 0 Å². The zero-order chi connectivity index (χ0) is 13.9. The van der Waals surface area contributed by atoms with Gasteiger partial charge in [-0.2, -0.15) is 10.2 Å². The third-order valence-corrected chi connectivity index (χ3v) is 3.67. The zero-order valence-electron chi connectivity index (χ0n) is 11.7. The van der Waals surface area contributed by atoms with E-state index in [0.29, 0.717) is 6.54 Å². The van der Waals surface area contributed by atoms with Crippen LogP contribution in [0.5, 0.6) is 0 Å². The summed E-state index contributed by atoms with van der Waals surface area (Å²) in [7, 11) is 1.86. The summed E-state index contributed by atoms with van der Waals surface area (Å²) in [4.78, 5) is 14.4. The molecule has 2 aromatic heterocycles. The highest BCUT2D eigenvalue weighted by molar-refractivity contribution is 5.43. The van der Waals surface area contributed by atoms with Crippen LogP contribution < -0.4 is 10.5 Å². The van der Waals surface area contributed by atoms with Crippen LogP contribution in [0.1, 0.15) is 24.8 Å². The molecule has 3 heterocycles. The summed E-state index contributed by atoms with van der Waals surface area (Å²) in [6, 6.07) is 1.69. The van der Waals surface area contributed by atoms with Crippen molar-refractivity contribution in [2.45, 2.75) is 25.8 Å². The Bertz CT molecular complexity index is 639. The summed E-state index contributed by atoms with van der Waals surface area (Å²) in [6.07, 6.45) is 9.11. The van der Waals surface area contributed by atoms with E-state index in [9.17, 15) is 4.79 Å². The highest BCUT2D eigenvalue weighted by Crippen LogP contribution is 2.16. The molecule has 1 saturated heterocycles. The summed E-state index contributed by atoms with van der Waals surface area (Å²) >= 11 is 0. The maximum absolute atomic E-state index is 12.1. The Kier molecular flexibility index (Phi) is 3.54. The minimum atomic E-state index is -0.0584. The number of aromatic nitrogens is 4. The van der Waals surface area contributed by atoms with Gasteiger partial charge in [-0.05, 0) is 19.3 Å². The van der Waals surface area contributed by atoms with Crippen molar-refractivity contribution in [3.63, 3.8) is 0 Å². The van der Waals surface area contributed by atoms with Gasteiger partial charge < -0.3 is 4.90 Å². The van der Waals surface area contributed by atoms with Gasteiger partial charge in [-0.15, -0.1) is 0 Å². The van der Waals surface area contributed by atoms with E-state index < -0.39 is 0 Å². The molecule has 1 aliphatic heterocycles. The standard InChI is InChI=1S/C14H19N5O/c1-17-10-12(8-15-17)11-19-14(20)7-13(9-16-19)18-5-3-2-4-6-18/h7-10H,2-6,11H2,1H3. The highest BCUT2D eigenvalue weighted by atomic mass is 16.1. The molecule has 0 bridgehead atoms. The Labute approximate surface area is 117 Å². The minimum Gasteiger partial charge on any atom is -0.370 e. The molecule has 0 radical (unpaired) electrons. The van der Waals surface area contributed by atoms with E-state index in [1.54, 1.807) is 23.1 Å². The van der Waals surface area contributed by atoms with Gasteiger partial charge >= 0.3 is 0 Å². The number of hydrogen-bond acceptors (Lipinski definition) is 4. The first kappa shape index (κ1) is 12.9. The molecule has 0 unspecified atom stereocenters. The number of hydrogen-bond donors (Lipinski definition) is 0. The normalized spacial score (nSPS) is 15.6. The Morgan fingerprint density at radius 3 is 2.60 bits per heavy atom. The van der Waals surface area contributed by atoms with Crippen LogP contribution in [0.4, 0.5) is 5.69 Å². The van der Waals surface area contributed by atoms with Gasteiger partial charge in [0.15, 0.2) is 0 Å². The van der Waals surface area contributed by atoms with E-state index in [1.165, 1.54) is 23.9 Å². The van der Waals surface area contributed by atoms with Crippen molar-refractivity contribution in [2.24, 2.45) is 7.05 Å². The molecule has 3 rings (SSSR count). The van der Waals surface area contributed by atoms with Gasteiger partial charge in [0, 0.05) is 38.0 Å². The fourth-order valence-electron chi connectivity index (χ4n) is 2.59. The second-order valence-electron chi connectivity index (χ2n) is 5.28. The SMILES string of the molecule is Cn1cc(Cn2ncc(N3CCCCC3)cc2=O)cn1. The van der Waals surface area contributed by atoms with E-state index in [0.717, 1.165) is 24.3 Å². The van der Waals surface area contributed by atoms with Crippen LogP contribution in [-0.4, -0.2) is 32.7 Å². The first-order valence-corrected chi connectivity index (χ1v) is 7.02. The van der Waals surface area contributed by atoms with Gasteiger partial charge in [-0.3, -0.25) is 9.48 Å². The summed E-state index contributed by atoms with van der Waals surface area (Å²) in [5, 5.41) is 8.38.